The lowest BCUT2D eigenvalue weighted by Crippen LogP contribution is -2.51. The largest absolute Gasteiger partial charge is 0.472 e. The van der Waals surface area contributed by atoms with Crippen LogP contribution < -0.4 is 4.74 Å². The summed E-state index contributed by atoms with van der Waals surface area (Å²) >= 11 is 0. The summed E-state index contributed by atoms with van der Waals surface area (Å²) < 4.78 is 99.6. The molecule has 0 radical (unpaired) electrons. The van der Waals surface area contributed by atoms with Gasteiger partial charge in [0.05, 0.1) is 17.7 Å². The molecule has 39 heavy (non-hydrogen) atoms. The average molecular weight is 561 g/mol. The maximum atomic E-state index is 14.0. The molecule has 2 aromatic rings. The molecule has 1 fully saturated rings. The highest BCUT2D eigenvalue weighted by molar-refractivity contribution is 5.96. The normalized spacial score (nSPS) is 14.6. The molecule has 1 saturated heterocycles. The number of ether oxygens (including phenoxy) is 1. The van der Waals surface area contributed by atoms with Gasteiger partial charge >= 0.3 is 12.4 Å². The van der Waals surface area contributed by atoms with Crippen molar-refractivity contribution in [1.29, 1.82) is 5.26 Å². The molecular formula is C24H22F7N5O3. The summed E-state index contributed by atoms with van der Waals surface area (Å²) in [6.45, 7) is -0.446. The zero-order valence-corrected chi connectivity index (χ0v) is 20.7. The van der Waals surface area contributed by atoms with E-state index in [0.29, 0.717) is 24.3 Å². The molecule has 0 aliphatic carbocycles. The standard InChI is InChI=1S/C24H22F7N5O3/c1-34(2)19(37)12-35-5-7-36(8-6-35)22(38)17-10-14(11-32)21(33-20(17)24(29,30)31)39-13-15-9-16(23(26,27)28)3-4-18(15)25/h3-4,9-10H,5-8,12-13H2,1-2H3. The number of carbonyl (C=O) groups is 2. The van der Waals surface area contributed by atoms with Crippen LogP contribution in [0.1, 0.15) is 32.7 Å². The fourth-order valence-electron chi connectivity index (χ4n) is 3.69. The van der Waals surface area contributed by atoms with Gasteiger partial charge in [-0.15, -0.1) is 0 Å². The summed E-state index contributed by atoms with van der Waals surface area (Å²) in [4.78, 5) is 32.5. The predicted octanol–water partition coefficient (Wildman–Crippen LogP) is 3.55. The third-order valence-electron chi connectivity index (χ3n) is 5.86. The zero-order valence-electron chi connectivity index (χ0n) is 20.7. The molecule has 1 aromatic heterocycles. The number of benzene rings is 1. The second kappa shape index (κ2) is 11.4. The van der Waals surface area contributed by atoms with Crippen molar-refractivity contribution >= 4 is 11.8 Å². The van der Waals surface area contributed by atoms with E-state index in [1.807, 2.05) is 0 Å². The van der Waals surface area contributed by atoms with Crippen molar-refractivity contribution in [3.05, 3.63) is 58.0 Å². The fraction of sp³-hybridized carbons (Fsp3) is 0.417. The first-order chi connectivity index (χ1) is 18.1. The lowest BCUT2D eigenvalue weighted by molar-refractivity contribution is -0.142. The van der Waals surface area contributed by atoms with Crippen LogP contribution >= 0.6 is 0 Å². The zero-order chi connectivity index (χ0) is 29.1. The second-order valence-corrected chi connectivity index (χ2v) is 8.80. The van der Waals surface area contributed by atoms with E-state index in [2.05, 4.69) is 4.98 Å². The predicted molar refractivity (Wildman–Crippen MR) is 121 cm³/mol. The van der Waals surface area contributed by atoms with E-state index in [-0.39, 0.29) is 38.6 Å². The van der Waals surface area contributed by atoms with Gasteiger partial charge < -0.3 is 14.5 Å². The molecule has 0 saturated carbocycles. The van der Waals surface area contributed by atoms with Gasteiger partial charge in [-0.2, -0.15) is 31.6 Å². The van der Waals surface area contributed by atoms with Crippen LogP contribution in [0.15, 0.2) is 24.3 Å². The Morgan fingerprint density at radius 2 is 1.69 bits per heavy atom. The summed E-state index contributed by atoms with van der Waals surface area (Å²) in [6.07, 6.45) is -9.98. The van der Waals surface area contributed by atoms with Crippen LogP contribution in [-0.2, 0) is 23.8 Å². The molecule has 15 heteroatoms. The van der Waals surface area contributed by atoms with Crippen LogP contribution in [-0.4, -0.2) is 78.3 Å². The quantitative estimate of drug-likeness (QED) is 0.502. The highest BCUT2D eigenvalue weighted by atomic mass is 19.4. The van der Waals surface area contributed by atoms with E-state index >= 15 is 0 Å². The Morgan fingerprint density at radius 1 is 1.05 bits per heavy atom. The van der Waals surface area contributed by atoms with Gasteiger partial charge in [0.25, 0.3) is 5.91 Å². The Bertz CT molecular complexity index is 1280. The van der Waals surface area contributed by atoms with Crippen LogP contribution in [0.2, 0.25) is 0 Å². The number of halogens is 7. The van der Waals surface area contributed by atoms with Crippen molar-refractivity contribution in [2.45, 2.75) is 19.0 Å². The molecule has 1 aromatic carbocycles. The number of hydrogen-bond donors (Lipinski definition) is 0. The first-order valence-electron chi connectivity index (χ1n) is 11.3. The molecule has 0 atom stereocenters. The number of pyridine rings is 1. The minimum Gasteiger partial charge on any atom is -0.472 e. The van der Waals surface area contributed by atoms with Crippen molar-refractivity contribution in [2.24, 2.45) is 0 Å². The molecule has 0 spiro atoms. The number of carbonyl (C=O) groups excluding carboxylic acids is 2. The lowest BCUT2D eigenvalue weighted by Gasteiger charge is -2.35. The summed E-state index contributed by atoms with van der Waals surface area (Å²) in [5.74, 6) is -3.28. The number of aromatic nitrogens is 1. The van der Waals surface area contributed by atoms with Gasteiger partial charge in [-0.1, -0.05) is 0 Å². The molecule has 2 amide bonds. The van der Waals surface area contributed by atoms with E-state index < -0.39 is 64.5 Å². The third kappa shape index (κ3) is 7.14. The van der Waals surface area contributed by atoms with Crippen LogP contribution in [0.5, 0.6) is 5.88 Å². The Kier molecular flexibility index (Phi) is 8.69. The maximum Gasteiger partial charge on any atom is 0.434 e. The highest BCUT2D eigenvalue weighted by Crippen LogP contribution is 2.35. The molecule has 210 valence electrons. The first kappa shape index (κ1) is 29.6. The first-order valence-corrected chi connectivity index (χ1v) is 11.3. The van der Waals surface area contributed by atoms with E-state index in [9.17, 15) is 45.6 Å². The van der Waals surface area contributed by atoms with Crippen LogP contribution in [0.25, 0.3) is 0 Å². The molecule has 0 bridgehead atoms. The van der Waals surface area contributed by atoms with Crippen molar-refractivity contribution < 1.29 is 45.1 Å². The number of piperazine rings is 1. The summed E-state index contributed by atoms with van der Waals surface area (Å²) in [5.41, 5.74) is -5.03. The summed E-state index contributed by atoms with van der Waals surface area (Å²) in [6, 6.07) is 3.62. The maximum absolute atomic E-state index is 14.0. The second-order valence-electron chi connectivity index (χ2n) is 8.80. The van der Waals surface area contributed by atoms with E-state index in [1.165, 1.54) is 4.90 Å². The number of amides is 2. The number of rotatable bonds is 6. The van der Waals surface area contributed by atoms with Crippen LogP contribution in [0.3, 0.4) is 0 Å². The Balaban J connectivity index is 1.85. The van der Waals surface area contributed by atoms with Gasteiger partial charge in [-0.3, -0.25) is 14.5 Å². The molecule has 1 aliphatic rings. The molecule has 2 heterocycles. The number of nitriles is 1. The van der Waals surface area contributed by atoms with Crippen molar-refractivity contribution in [3.8, 4) is 11.9 Å². The fourth-order valence-corrected chi connectivity index (χ4v) is 3.69. The van der Waals surface area contributed by atoms with Crippen molar-refractivity contribution in [2.75, 3.05) is 46.8 Å². The topological polar surface area (TPSA) is 89.8 Å². The third-order valence-corrected chi connectivity index (χ3v) is 5.86. The Labute approximate surface area is 218 Å². The Morgan fingerprint density at radius 3 is 2.23 bits per heavy atom. The monoisotopic (exact) mass is 561 g/mol. The molecule has 1 aliphatic heterocycles. The van der Waals surface area contributed by atoms with Gasteiger partial charge in [0.15, 0.2) is 5.69 Å². The average Bonchev–Trinajstić information content (AvgIpc) is 2.86. The minimum atomic E-state index is -5.17. The van der Waals surface area contributed by atoms with Crippen molar-refractivity contribution in [3.63, 3.8) is 0 Å². The SMILES string of the molecule is CN(C)C(=O)CN1CCN(C(=O)c2cc(C#N)c(OCc3cc(C(F)(F)F)ccc3F)nc2C(F)(F)F)CC1. The lowest BCUT2D eigenvalue weighted by atomic mass is 10.1. The minimum absolute atomic E-state index is 0.00575. The van der Waals surface area contributed by atoms with Gasteiger partial charge in [-0.25, -0.2) is 9.37 Å². The van der Waals surface area contributed by atoms with E-state index in [4.69, 9.17) is 4.74 Å². The molecular weight excluding hydrogens is 539 g/mol. The smallest absolute Gasteiger partial charge is 0.434 e. The highest BCUT2D eigenvalue weighted by Gasteiger charge is 2.40. The van der Waals surface area contributed by atoms with Crippen LogP contribution in [0.4, 0.5) is 30.7 Å². The van der Waals surface area contributed by atoms with Gasteiger partial charge in [-0.05, 0) is 24.3 Å². The van der Waals surface area contributed by atoms with E-state index in [0.717, 1.165) is 4.90 Å². The molecule has 0 N–H and O–H groups in total. The molecule has 3 rings (SSSR count). The molecule has 8 nitrogen and oxygen atoms in total. The number of alkyl halides is 6. The van der Waals surface area contributed by atoms with Crippen molar-refractivity contribution in [1.82, 2.24) is 19.7 Å². The van der Waals surface area contributed by atoms with Gasteiger partial charge in [0.2, 0.25) is 11.8 Å². The Hall–Kier alpha value is -3.93. The molecule has 0 unspecified atom stereocenters. The van der Waals surface area contributed by atoms with Gasteiger partial charge in [0, 0.05) is 45.8 Å². The number of nitrogens with zero attached hydrogens (tertiary/aromatic N) is 5. The number of hydrogen-bond acceptors (Lipinski definition) is 6. The van der Waals surface area contributed by atoms with Gasteiger partial charge in [0.1, 0.15) is 24.1 Å². The number of likely N-dealkylation sites (N-methyl/N-ethyl adjacent to an activating group) is 1. The van der Waals surface area contributed by atoms with Crippen LogP contribution in [0, 0.1) is 17.1 Å². The summed E-state index contributed by atoms with van der Waals surface area (Å²) in [5, 5.41) is 9.45. The van der Waals surface area contributed by atoms with E-state index in [1.54, 1.807) is 25.1 Å². The summed E-state index contributed by atoms with van der Waals surface area (Å²) in [7, 11) is 3.15.